The van der Waals surface area contributed by atoms with Crippen molar-refractivity contribution < 1.29 is 14.1 Å². The van der Waals surface area contributed by atoms with E-state index < -0.39 is 0 Å². The summed E-state index contributed by atoms with van der Waals surface area (Å²) in [4.78, 5) is 18.3. The van der Waals surface area contributed by atoms with Crippen molar-refractivity contribution in [2.75, 3.05) is 25.6 Å². The van der Waals surface area contributed by atoms with Gasteiger partial charge in [0.15, 0.2) is 0 Å². The van der Waals surface area contributed by atoms with Gasteiger partial charge in [0, 0.05) is 18.7 Å². The molecule has 3 rings (SSSR count). The predicted molar refractivity (Wildman–Crippen MR) is 99.2 cm³/mol. The molecule has 7 heteroatoms. The zero-order valence-corrected chi connectivity index (χ0v) is 15.4. The van der Waals surface area contributed by atoms with Crippen molar-refractivity contribution >= 4 is 11.9 Å². The number of benzene rings is 1. The zero-order chi connectivity index (χ0) is 18.4. The van der Waals surface area contributed by atoms with Crippen LogP contribution in [0.4, 0.5) is 6.01 Å². The van der Waals surface area contributed by atoms with Gasteiger partial charge in [-0.05, 0) is 37.1 Å². The normalized spacial score (nSPS) is 15.3. The van der Waals surface area contributed by atoms with Gasteiger partial charge < -0.3 is 19.5 Å². The number of hydrogen-bond donors (Lipinski definition) is 1. The molecular weight excluding hydrogens is 332 g/mol. The number of methoxy groups -OCH3 is 1. The van der Waals surface area contributed by atoms with Gasteiger partial charge in [0.2, 0.25) is 11.7 Å². The zero-order valence-electron chi connectivity index (χ0n) is 15.4. The molecule has 1 heterocycles. The lowest BCUT2D eigenvalue weighted by Gasteiger charge is -2.19. The van der Waals surface area contributed by atoms with Crippen LogP contribution in [0.3, 0.4) is 0 Å². The van der Waals surface area contributed by atoms with Crippen molar-refractivity contribution in [1.82, 2.24) is 15.5 Å². The minimum Gasteiger partial charge on any atom is -0.497 e. The molecular formula is C19H26N4O3. The molecule has 0 unspecified atom stereocenters. The summed E-state index contributed by atoms with van der Waals surface area (Å²) >= 11 is 0. The maximum absolute atomic E-state index is 12.3. The van der Waals surface area contributed by atoms with E-state index >= 15 is 0 Å². The fraction of sp³-hybridized carbons (Fsp3) is 0.526. The van der Waals surface area contributed by atoms with Crippen molar-refractivity contribution in [3.8, 4) is 17.1 Å². The first-order valence-electron chi connectivity index (χ1n) is 9.14. The number of ether oxygens (including phenoxy) is 1. The number of aromatic nitrogens is 2. The van der Waals surface area contributed by atoms with Gasteiger partial charge in [0.05, 0.1) is 7.11 Å². The van der Waals surface area contributed by atoms with Gasteiger partial charge >= 0.3 is 6.01 Å². The highest BCUT2D eigenvalue weighted by Gasteiger charge is 2.18. The average molecular weight is 358 g/mol. The minimum atomic E-state index is -0.0106. The third kappa shape index (κ3) is 4.74. The smallest absolute Gasteiger partial charge is 0.324 e. The molecule has 1 saturated carbocycles. The van der Waals surface area contributed by atoms with Gasteiger partial charge in [0.1, 0.15) is 12.3 Å². The second kappa shape index (κ2) is 8.69. The molecule has 1 aliphatic rings. The Bertz CT molecular complexity index is 706. The molecule has 1 aromatic carbocycles. The Morgan fingerprint density at radius 2 is 1.92 bits per heavy atom. The molecule has 0 bridgehead atoms. The Kier molecular flexibility index (Phi) is 6.09. The number of rotatable bonds is 6. The third-order valence-electron chi connectivity index (χ3n) is 4.69. The lowest BCUT2D eigenvalue weighted by Crippen LogP contribution is -2.41. The number of carbonyl (C=O) groups excluding carboxylic acids is 1. The molecule has 1 amide bonds. The summed E-state index contributed by atoms with van der Waals surface area (Å²) < 4.78 is 10.4. The van der Waals surface area contributed by atoms with Crippen LogP contribution in [0, 0.1) is 0 Å². The monoisotopic (exact) mass is 358 g/mol. The molecule has 0 aliphatic heterocycles. The Hall–Kier alpha value is -2.57. The minimum absolute atomic E-state index is 0.0106. The molecule has 7 nitrogen and oxygen atoms in total. The largest absolute Gasteiger partial charge is 0.497 e. The van der Waals surface area contributed by atoms with Gasteiger partial charge in [-0.2, -0.15) is 4.98 Å². The van der Waals surface area contributed by atoms with E-state index in [-0.39, 0.29) is 18.5 Å². The Balaban J connectivity index is 1.56. The van der Waals surface area contributed by atoms with E-state index in [9.17, 15) is 4.79 Å². The summed E-state index contributed by atoms with van der Waals surface area (Å²) in [6.45, 7) is 0.195. The van der Waals surface area contributed by atoms with Crippen molar-refractivity contribution in [1.29, 1.82) is 0 Å². The second-order valence-electron chi connectivity index (χ2n) is 6.74. The number of likely N-dealkylation sites (N-methyl/N-ethyl adjacent to an activating group) is 1. The van der Waals surface area contributed by atoms with Crippen LogP contribution in [0.1, 0.15) is 38.5 Å². The topological polar surface area (TPSA) is 80.5 Å². The third-order valence-corrected chi connectivity index (χ3v) is 4.69. The van der Waals surface area contributed by atoms with Crippen LogP contribution >= 0.6 is 0 Å². The van der Waals surface area contributed by atoms with Crippen molar-refractivity contribution in [3.05, 3.63) is 24.3 Å². The van der Waals surface area contributed by atoms with E-state index in [1.807, 2.05) is 24.3 Å². The molecule has 26 heavy (non-hydrogen) atoms. The maximum Gasteiger partial charge on any atom is 0.324 e. The SMILES string of the molecule is COc1ccc(-c2noc(N(C)CC(=O)NC3CCCCCC3)n2)cc1. The number of hydrogen-bond acceptors (Lipinski definition) is 6. The molecule has 0 radical (unpaired) electrons. The van der Waals surface area contributed by atoms with Crippen LogP contribution in [0.5, 0.6) is 5.75 Å². The molecule has 1 fully saturated rings. The first-order valence-corrected chi connectivity index (χ1v) is 9.14. The highest BCUT2D eigenvalue weighted by Crippen LogP contribution is 2.22. The van der Waals surface area contributed by atoms with Gasteiger partial charge in [-0.25, -0.2) is 0 Å². The lowest BCUT2D eigenvalue weighted by molar-refractivity contribution is -0.120. The summed E-state index contributed by atoms with van der Waals surface area (Å²) in [5, 5.41) is 7.12. The Morgan fingerprint density at radius 1 is 1.23 bits per heavy atom. The van der Waals surface area contributed by atoms with Crippen LogP contribution in [0.25, 0.3) is 11.4 Å². The molecule has 0 saturated heterocycles. The van der Waals surface area contributed by atoms with Crippen LogP contribution < -0.4 is 15.0 Å². The first kappa shape index (κ1) is 18.2. The van der Waals surface area contributed by atoms with E-state index in [1.165, 1.54) is 25.7 Å². The van der Waals surface area contributed by atoms with Crippen molar-refractivity contribution in [2.45, 2.75) is 44.6 Å². The number of carbonyl (C=O) groups is 1. The number of nitrogens with zero attached hydrogens (tertiary/aromatic N) is 3. The Morgan fingerprint density at radius 3 is 2.58 bits per heavy atom. The summed E-state index contributed by atoms with van der Waals surface area (Å²) in [6, 6.07) is 8.03. The fourth-order valence-corrected chi connectivity index (χ4v) is 3.21. The van der Waals surface area contributed by atoms with E-state index in [0.29, 0.717) is 11.8 Å². The highest BCUT2D eigenvalue weighted by atomic mass is 16.5. The summed E-state index contributed by atoms with van der Waals surface area (Å²) in [5.74, 6) is 1.24. The summed E-state index contributed by atoms with van der Waals surface area (Å²) in [7, 11) is 3.40. The summed E-state index contributed by atoms with van der Waals surface area (Å²) in [6.07, 6.45) is 7.05. The van der Waals surface area contributed by atoms with Crippen LogP contribution in [0.2, 0.25) is 0 Å². The average Bonchev–Trinajstić information content (AvgIpc) is 3.01. The number of amides is 1. The van der Waals surface area contributed by atoms with Gasteiger partial charge in [-0.3, -0.25) is 4.79 Å². The molecule has 2 aromatic rings. The molecule has 140 valence electrons. The van der Waals surface area contributed by atoms with E-state index in [4.69, 9.17) is 9.26 Å². The standard InChI is InChI=1S/C19H26N4O3/c1-23(13-17(24)20-15-7-5-3-4-6-8-15)19-21-18(22-26-19)14-9-11-16(25-2)12-10-14/h9-12,15H,3-8,13H2,1-2H3,(H,20,24). The highest BCUT2D eigenvalue weighted by molar-refractivity contribution is 5.80. The van der Waals surface area contributed by atoms with Gasteiger partial charge in [0.25, 0.3) is 0 Å². The molecule has 1 aliphatic carbocycles. The van der Waals surface area contributed by atoms with Crippen LogP contribution in [0.15, 0.2) is 28.8 Å². The molecule has 1 N–H and O–H groups in total. The fourth-order valence-electron chi connectivity index (χ4n) is 3.21. The number of nitrogens with one attached hydrogen (secondary N) is 1. The van der Waals surface area contributed by atoms with Gasteiger partial charge in [-0.1, -0.05) is 30.8 Å². The molecule has 0 atom stereocenters. The Labute approximate surface area is 153 Å². The number of anilines is 1. The maximum atomic E-state index is 12.3. The summed E-state index contributed by atoms with van der Waals surface area (Å²) in [5.41, 5.74) is 0.831. The van der Waals surface area contributed by atoms with E-state index in [1.54, 1.807) is 19.1 Å². The predicted octanol–water partition coefficient (Wildman–Crippen LogP) is 3.02. The second-order valence-corrected chi connectivity index (χ2v) is 6.74. The first-order chi connectivity index (χ1) is 12.7. The van der Waals surface area contributed by atoms with Crippen LogP contribution in [-0.4, -0.2) is 42.8 Å². The van der Waals surface area contributed by atoms with Gasteiger partial charge in [-0.15, -0.1) is 0 Å². The van der Waals surface area contributed by atoms with Crippen LogP contribution in [-0.2, 0) is 4.79 Å². The molecule has 0 spiro atoms. The van der Waals surface area contributed by atoms with E-state index in [2.05, 4.69) is 15.5 Å². The lowest BCUT2D eigenvalue weighted by atomic mass is 10.1. The molecule has 1 aromatic heterocycles. The van der Waals surface area contributed by atoms with E-state index in [0.717, 1.165) is 24.2 Å². The van der Waals surface area contributed by atoms with Crippen molar-refractivity contribution in [3.63, 3.8) is 0 Å². The van der Waals surface area contributed by atoms with Crippen molar-refractivity contribution in [2.24, 2.45) is 0 Å². The quantitative estimate of drug-likeness (QED) is 0.800.